The molecule has 1 saturated heterocycles. The number of hydrogen-bond donors (Lipinski definition) is 1. The van der Waals surface area contributed by atoms with Gasteiger partial charge in [0, 0.05) is 32.2 Å². The van der Waals surface area contributed by atoms with Crippen LogP contribution in [-0.4, -0.2) is 55.0 Å². The molecule has 0 unspecified atom stereocenters. The Labute approximate surface area is 167 Å². The fourth-order valence-electron chi connectivity index (χ4n) is 3.84. The van der Waals surface area contributed by atoms with Gasteiger partial charge in [-0.05, 0) is 43.1 Å². The van der Waals surface area contributed by atoms with E-state index in [1.165, 1.54) is 35.7 Å². The number of rotatable bonds is 3. The Morgan fingerprint density at radius 2 is 1.85 bits per heavy atom. The lowest BCUT2D eigenvalue weighted by Gasteiger charge is -2.38. The van der Waals surface area contributed by atoms with Gasteiger partial charge in [-0.2, -0.15) is 9.57 Å². The molecule has 6 nitrogen and oxygen atoms in total. The highest BCUT2D eigenvalue weighted by Crippen LogP contribution is 2.24. The minimum absolute atomic E-state index is 0.0812. The van der Waals surface area contributed by atoms with Crippen LogP contribution in [0, 0.1) is 17.2 Å². The van der Waals surface area contributed by atoms with Crippen molar-refractivity contribution in [2.24, 2.45) is 5.92 Å². The zero-order valence-electron chi connectivity index (χ0n) is 15.6. The molecule has 1 aliphatic carbocycles. The summed E-state index contributed by atoms with van der Waals surface area (Å²) >= 11 is 5.58. The van der Waals surface area contributed by atoms with E-state index in [0.29, 0.717) is 38.1 Å². The van der Waals surface area contributed by atoms with E-state index in [1.54, 1.807) is 12.1 Å². The highest BCUT2D eigenvalue weighted by atomic mass is 32.2. The van der Waals surface area contributed by atoms with Gasteiger partial charge in [0.2, 0.25) is 10.0 Å². The largest absolute Gasteiger partial charge is 0.360 e. The lowest BCUT2D eigenvalue weighted by Crippen LogP contribution is -2.55. The van der Waals surface area contributed by atoms with E-state index in [9.17, 15) is 13.7 Å². The third-order valence-electron chi connectivity index (χ3n) is 5.57. The van der Waals surface area contributed by atoms with Gasteiger partial charge in [0.05, 0.1) is 10.5 Å². The lowest BCUT2D eigenvalue weighted by molar-refractivity contribution is 0.251. The molecular weight excluding hydrogens is 380 g/mol. The summed E-state index contributed by atoms with van der Waals surface area (Å²) in [7, 11) is -3.67. The van der Waals surface area contributed by atoms with Gasteiger partial charge in [0.25, 0.3) is 0 Å². The number of thiocarbonyl (C=S) groups is 1. The van der Waals surface area contributed by atoms with Crippen molar-refractivity contribution in [3.63, 3.8) is 0 Å². The number of nitrogens with one attached hydrogen (secondary N) is 1. The Morgan fingerprint density at radius 3 is 2.52 bits per heavy atom. The van der Waals surface area contributed by atoms with Gasteiger partial charge in [0.1, 0.15) is 6.07 Å². The highest BCUT2D eigenvalue weighted by molar-refractivity contribution is 7.89. The number of sulfonamides is 1. The molecule has 0 spiro atoms. The second-order valence-corrected chi connectivity index (χ2v) is 9.61. The van der Waals surface area contributed by atoms with Crippen molar-refractivity contribution < 1.29 is 8.42 Å². The average molecular weight is 407 g/mol. The van der Waals surface area contributed by atoms with E-state index < -0.39 is 10.0 Å². The van der Waals surface area contributed by atoms with Gasteiger partial charge in [-0.1, -0.05) is 31.9 Å². The predicted octanol–water partition coefficient (Wildman–Crippen LogP) is 2.32. The highest BCUT2D eigenvalue weighted by Gasteiger charge is 2.31. The summed E-state index contributed by atoms with van der Waals surface area (Å²) in [4.78, 5) is 2.14. The van der Waals surface area contributed by atoms with Crippen molar-refractivity contribution in [3.05, 3.63) is 29.8 Å². The summed E-state index contributed by atoms with van der Waals surface area (Å²) in [6.07, 6.45) is 4.88. The first kappa shape index (κ1) is 20.1. The third kappa shape index (κ3) is 4.42. The van der Waals surface area contributed by atoms with Crippen molar-refractivity contribution in [2.45, 2.75) is 43.5 Å². The van der Waals surface area contributed by atoms with Crippen LogP contribution in [0.25, 0.3) is 0 Å². The molecule has 0 amide bonds. The molecule has 1 aromatic rings. The molecule has 2 atom stereocenters. The van der Waals surface area contributed by atoms with Gasteiger partial charge in [0.15, 0.2) is 5.11 Å². The molecular formula is C19H26N4O2S2. The summed E-state index contributed by atoms with van der Waals surface area (Å²) in [5.74, 6) is 0.612. The Hall–Kier alpha value is -1.69. The smallest absolute Gasteiger partial charge is 0.244 e. The van der Waals surface area contributed by atoms with Crippen LogP contribution in [0.15, 0.2) is 29.2 Å². The molecule has 1 heterocycles. The molecule has 27 heavy (non-hydrogen) atoms. The lowest BCUT2D eigenvalue weighted by atomic mass is 9.86. The van der Waals surface area contributed by atoms with Gasteiger partial charge in [-0.25, -0.2) is 8.42 Å². The maximum absolute atomic E-state index is 12.9. The molecule has 0 aromatic heterocycles. The zero-order valence-corrected chi connectivity index (χ0v) is 17.2. The second kappa shape index (κ2) is 8.55. The van der Waals surface area contributed by atoms with E-state index in [-0.39, 0.29) is 10.5 Å². The molecule has 3 rings (SSSR count). The summed E-state index contributed by atoms with van der Waals surface area (Å²) in [6.45, 7) is 4.10. The van der Waals surface area contributed by atoms with Crippen LogP contribution in [0.4, 0.5) is 0 Å². The normalized spacial score (nSPS) is 24.2. The van der Waals surface area contributed by atoms with Crippen LogP contribution in [0.1, 0.15) is 38.2 Å². The second-order valence-electron chi connectivity index (χ2n) is 7.32. The molecule has 1 aromatic carbocycles. The van der Waals surface area contributed by atoms with Crippen molar-refractivity contribution in [2.75, 3.05) is 26.2 Å². The molecule has 2 aliphatic rings. The zero-order chi connectivity index (χ0) is 19.4. The summed E-state index contributed by atoms with van der Waals surface area (Å²) in [6, 6.07) is 8.73. The summed E-state index contributed by atoms with van der Waals surface area (Å²) in [5.41, 5.74) is 0.184. The van der Waals surface area contributed by atoms with Gasteiger partial charge < -0.3 is 10.2 Å². The van der Waals surface area contributed by atoms with Crippen molar-refractivity contribution in [1.29, 1.82) is 5.26 Å². The predicted molar refractivity (Wildman–Crippen MR) is 109 cm³/mol. The standard InChI is InChI=1S/C19H26N4O2S2/c1-15-6-2-4-8-17(15)21-19(26)22-10-12-23(13-11-22)27(24,25)18-9-5-3-7-16(18)14-20/h3,5,7,9,15,17H,2,4,6,8,10-13H2,1H3,(H,21,26)/t15-,17+/m0/s1. The Morgan fingerprint density at radius 1 is 1.19 bits per heavy atom. The Bertz CT molecular complexity index is 826. The quantitative estimate of drug-likeness (QED) is 0.777. The van der Waals surface area contributed by atoms with Gasteiger partial charge >= 0.3 is 0 Å². The number of hydrogen-bond acceptors (Lipinski definition) is 4. The van der Waals surface area contributed by atoms with Crippen molar-refractivity contribution in [3.8, 4) is 6.07 Å². The molecule has 8 heteroatoms. The van der Waals surface area contributed by atoms with E-state index in [2.05, 4.69) is 17.1 Å². The van der Waals surface area contributed by atoms with Crippen LogP contribution in [-0.2, 0) is 10.0 Å². The number of benzene rings is 1. The monoisotopic (exact) mass is 406 g/mol. The van der Waals surface area contributed by atoms with E-state index >= 15 is 0 Å². The molecule has 1 aliphatic heterocycles. The third-order valence-corrected chi connectivity index (χ3v) is 7.90. The maximum atomic E-state index is 12.9. The number of nitrogens with zero attached hydrogens (tertiary/aromatic N) is 3. The van der Waals surface area contributed by atoms with Crippen LogP contribution in [0.3, 0.4) is 0 Å². The van der Waals surface area contributed by atoms with Crippen LogP contribution < -0.4 is 5.32 Å². The summed E-state index contributed by atoms with van der Waals surface area (Å²) < 4.78 is 27.3. The van der Waals surface area contributed by atoms with Crippen LogP contribution in [0.2, 0.25) is 0 Å². The molecule has 1 saturated carbocycles. The topological polar surface area (TPSA) is 76.4 Å². The first-order chi connectivity index (χ1) is 12.9. The van der Waals surface area contributed by atoms with E-state index in [0.717, 1.165) is 11.5 Å². The molecule has 0 radical (unpaired) electrons. The minimum Gasteiger partial charge on any atom is -0.360 e. The molecule has 2 fully saturated rings. The van der Waals surface area contributed by atoms with Crippen LogP contribution >= 0.6 is 12.2 Å². The van der Waals surface area contributed by atoms with Gasteiger partial charge in [-0.15, -0.1) is 0 Å². The van der Waals surface area contributed by atoms with Crippen molar-refractivity contribution >= 4 is 27.4 Å². The fourth-order valence-corrected chi connectivity index (χ4v) is 5.73. The SMILES string of the molecule is C[C@H]1CCCC[C@H]1NC(=S)N1CCN(S(=O)(=O)c2ccccc2C#N)CC1. The number of nitriles is 1. The average Bonchev–Trinajstić information content (AvgIpc) is 2.69. The Balaban J connectivity index is 1.61. The molecule has 0 bridgehead atoms. The first-order valence-electron chi connectivity index (χ1n) is 9.48. The Kier molecular flexibility index (Phi) is 6.35. The van der Waals surface area contributed by atoms with E-state index in [1.807, 2.05) is 6.07 Å². The number of piperazine rings is 1. The molecule has 1 N–H and O–H groups in total. The maximum Gasteiger partial charge on any atom is 0.244 e. The van der Waals surface area contributed by atoms with Gasteiger partial charge in [-0.3, -0.25) is 0 Å². The van der Waals surface area contributed by atoms with E-state index in [4.69, 9.17) is 12.2 Å². The van der Waals surface area contributed by atoms with Crippen LogP contribution in [0.5, 0.6) is 0 Å². The van der Waals surface area contributed by atoms with Crippen molar-refractivity contribution in [1.82, 2.24) is 14.5 Å². The minimum atomic E-state index is -3.67. The molecule has 146 valence electrons. The summed E-state index contributed by atoms with van der Waals surface area (Å²) in [5, 5.41) is 13.4. The fraction of sp³-hybridized carbons (Fsp3) is 0.579. The first-order valence-corrected chi connectivity index (χ1v) is 11.3.